The summed E-state index contributed by atoms with van der Waals surface area (Å²) in [6.45, 7) is 0. The Hall–Kier alpha value is -4.09. The smallest absolute Gasteiger partial charge is 0.419 e. The zero-order chi connectivity index (χ0) is 27.0. The summed E-state index contributed by atoms with van der Waals surface area (Å²) in [5, 5.41) is 15.5. The lowest BCUT2D eigenvalue weighted by molar-refractivity contribution is -0.139. The number of hydrogen-bond donors (Lipinski definition) is 2. The minimum atomic E-state index is -4.65. The molecule has 0 unspecified atom stereocenters. The number of hydrogen-bond acceptors (Lipinski definition) is 6. The van der Waals surface area contributed by atoms with Crippen molar-refractivity contribution in [2.75, 3.05) is 19.4 Å². The Labute approximate surface area is 217 Å². The van der Waals surface area contributed by atoms with Crippen molar-refractivity contribution < 1.29 is 22.7 Å². The van der Waals surface area contributed by atoms with Crippen molar-refractivity contribution in [3.8, 4) is 17.0 Å². The average Bonchev–Trinajstić information content (AvgIpc) is 3.51. The quantitative estimate of drug-likeness (QED) is 0.373. The van der Waals surface area contributed by atoms with Crippen LogP contribution in [0.3, 0.4) is 0 Å². The summed E-state index contributed by atoms with van der Waals surface area (Å²) < 4.78 is 50.8. The highest BCUT2D eigenvalue weighted by atomic mass is 19.4. The lowest BCUT2D eigenvalue weighted by atomic mass is 9.92. The minimum Gasteiger partial charge on any atom is -0.490 e. The van der Waals surface area contributed by atoms with Gasteiger partial charge in [0.1, 0.15) is 17.3 Å². The average molecular weight is 528 g/mol. The van der Waals surface area contributed by atoms with E-state index in [1.165, 1.54) is 19.2 Å². The minimum absolute atomic E-state index is 0.0487. The maximum Gasteiger partial charge on any atom is 0.419 e. The van der Waals surface area contributed by atoms with Crippen molar-refractivity contribution in [3.63, 3.8) is 0 Å². The molecule has 0 aliphatic heterocycles. The number of carbonyl (C=O) groups is 1. The molecule has 2 N–H and O–H groups in total. The summed E-state index contributed by atoms with van der Waals surface area (Å²) in [5.74, 6) is -0.133. The fraction of sp³-hybridized carbons (Fsp3) is 0.385. The summed E-state index contributed by atoms with van der Waals surface area (Å²) >= 11 is 0. The summed E-state index contributed by atoms with van der Waals surface area (Å²) in [4.78, 5) is 16.3. The number of carbonyl (C=O) groups excluding carboxylic acids is 1. The van der Waals surface area contributed by atoms with Crippen molar-refractivity contribution >= 4 is 22.6 Å². The maximum absolute atomic E-state index is 13.7. The van der Waals surface area contributed by atoms with Crippen molar-refractivity contribution in [1.29, 1.82) is 0 Å². The van der Waals surface area contributed by atoms with E-state index in [1.807, 2.05) is 24.0 Å². The van der Waals surface area contributed by atoms with Crippen LogP contribution in [0.2, 0.25) is 0 Å². The summed E-state index contributed by atoms with van der Waals surface area (Å²) in [5.41, 5.74) is 1.57. The molecule has 1 aromatic carbocycles. The first kappa shape index (κ1) is 25.6. The molecule has 1 fully saturated rings. The van der Waals surface area contributed by atoms with Crippen LogP contribution in [0.1, 0.15) is 47.6 Å². The van der Waals surface area contributed by atoms with Gasteiger partial charge in [0.25, 0.3) is 5.91 Å². The van der Waals surface area contributed by atoms with Gasteiger partial charge in [0.2, 0.25) is 0 Å². The van der Waals surface area contributed by atoms with Gasteiger partial charge in [-0.1, -0.05) is 0 Å². The summed E-state index contributed by atoms with van der Waals surface area (Å²) in [6, 6.07) is 5.41. The zero-order valence-corrected chi connectivity index (χ0v) is 21.2. The number of alkyl halides is 3. The maximum atomic E-state index is 13.7. The molecule has 3 heterocycles. The van der Waals surface area contributed by atoms with Crippen LogP contribution >= 0.6 is 0 Å². The van der Waals surface area contributed by atoms with Crippen molar-refractivity contribution in [3.05, 3.63) is 54.0 Å². The van der Waals surface area contributed by atoms with E-state index in [-0.39, 0.29) is 23.5 Å². The van der Waals surface area contributed by atoms with Crippen LogP contribution in [0, 0.1) is 0 Å². The highest BCUT2D eigenvalue weighted by Gasteiger charge is 2.36. The second-order valence-electron chi connectivity index (χ2n) is 9.37. The predicted octanol–water partition coefficient (Wildman–Crippen LogP) is 4.81. The van der Waals surface area contributed by atoms with E-state index in [1.54, 1.807) is 24.1 Å². The molecular formula is C26H28F3N7O2. The van der Waals surface area contributed by atoms with Crippen LogP contribution in [0.15, 0.2) is 42.9 Å². The number of ether oxygens (including phenoxy) is 1. The molecule has 5 rings (SSSR count). The van der Waals surface area contributed by atoms with Gasteiger partial charge in [0.05, 0.1) is 29.4 Å². The Morgan fingerprint density at radius 2 is 1.87 bits per heavy atom. The molecule has 0 saturated heterocycles. The first-order chi connectivity index (χ1) is 18.2. The van der Waals surface area contributed by atoms with Crippen LogP contribution in [0.25, 0.3) is 22.2 Å². The Bertz CT molecular complexity index is 1470. The molecule has 1 aliphatic rings. The molecule has 0 bridgehead atoms. The monoisotopic (exact) mass is 527 g/mol. The third-order valence-electron chi connectivity index (χ3n) is 6.88. The van der Waals surface area contributed by atoms with E-state index in [0.717, 1.165) is 28.2 Å². The molecule has 1 saturated carbocycles. The second-order valence-corrected chi connectivity index (χ2v) is 9.37. The normalized spacial score (nSPS) is 17.9. The third-order valence-corrected chi connectivity index (χ3v) is 6.88. The number of halogens is 3. The number of fused-ring (bicyclic) bond motifs is 1. The SMILES string of the molecule is CNC(=O)c1ccc(OC2CCC(n3nc(-c4cnn(C)c4)c4cnc(NC)cc43)CC2)c(C(F)(F)F)c1. The van der Waals surface area contributed by atoms with Gasteiger partial charge in [-0.3, -0.25) is 14.2 Å². The van der Waals surface area contributed by atoms with Crippen LogP contribution in [0.4, 0.5) is 19.0 Å². The van der Waals surface area contributed by atoms with Gasteiger partial charge >= 0.3 is 6.18 Å². The Balaban J connectivity index is 1.38. The number of aryl methyl sites for hydroxylation is 1. The molecule has 0 radical (unpaired) electrons. The first-order valence-electron chi connectivity index (χ1n) is 12.3. The van der Waals surface area contributed by atoms with E-state index in [4.69, 9.17) is 9.84 Å². The molecule has 1 aliphatic carbocycles. The van der Waals surface area contributed by atoms with E-state index in [0.29, 0.717) is 31.5 Å². The van der Waals surface area contributed by atoms with Crippen molar-refractivity contribution in [1.82, 2.24) is 29.9 Å². The van der Waals surface area contributed by atoms with Gasteiger partial charge in [-0.05, 0) is 43.9 Å². The Morgan fingerprint density at radius 3 is 2.50 bits per heavy atom. The van der Waals surface area contributed by atoms with E-state index >= 15 is 0 Å². The fourth-order valence-corrected chi connectivity index (χ4v) is 4.93. The van der Waals surface area contributed by atoms with Gasteiger partial charge in [-0.2, -0.15) is 23.4 Å². The number of anilines is 1. The number of aromatic nitrogens is 5. The van der Waals surface area contributed by atoms with Gasteiger partial charge in [0, 0.05) is 56.1 Å². The highest BCUT2D eigenvalue weighted by Crippen LogP contribution is 2.40. The molecule has 0 atom stereocenters. The molecule has 4 aromatic rings. The Morgan fingerprint density at radius 1 is 1.11 bits per heavy atom. The molecular weight excluding hydrogens is 499 g/mol. The molecule has 9 nitrogen and oxygen atoms in total. The topological polar surface area (TPSA) is 98.9 Å². The molecule has 1 amide bonds. The number of amides is 1. The van der Waals surface area contributed by atoms with Gasteiger partial charge in [-0.15, -0.1) is 0 Å². The Kier molecular flexibility index (Phi) is 6.72. The largest absolute Gasteiger partial charge is 0.490 e. The van der Waals surface area contributed by atoms with Crippen LogP contribution in [-0.4, -0.2) is 50.7 Å². The first-order valence-corrected chi connectivity index (χ1v) is 12.3. The molecule has 3 aromatic heterocycles. The van der Waals surface area contributed by atoms with Crippen molar-refractivity contribution in [2.24, 2.45) is 7.05 Å². The zero-order valence-electron chi connectivity index (χ0n) is 21.2. The lowest BCUT2D eigenvalue weighted by Crippen LogP contribution is -2.27. The number of rotatable bonds is 6. The van der Waals surface area contributed by atoms with Gasteiger partial charge in [0.15, 0.2) is 0 Å². The number of nitrogens with one attached hydrogen (secondary N) is 2. The molecule has 12 heteroatoms. The van der Waals surface area contributed by atoms with E-state index < -0.39 is 17.6 Å². The molecule has 38 heavy (non-hydrogen) atoms. The fourth-order valence-electron chi connectivity index (χ4n) is 4.93. The lowest BCUT2D eigenvalue weighted by Gasteiger charge is -2.30. The summed E-state index contributed by atoms with van der Waals surface area (Å²) in [7, 11) is 5.02. The molecule has 200 valence electrons. The second kappa shape index (κ2) is 9.99. The van der Waals surface area contributed by atoms with Gasteiger partial charge in [-0.25, -0.2) is 4.98 Å². The number of benzene rings is 1. The van der Waals surface area contributed by atoms with Gasteiger partial charge < -0.3 is 15.4 Å². The van der Waals surface area contributed by atoms with Crippen LogP contribution in [-0.2, 0) is 13.2 Å². The highest BCUT2D eigenvalue weighted by molar-refractivity contribution is 5.94. The van der Waals surface area contributed by atoms with Crippen LogP contribution in [0.5, 0.6) is 5.75 Å². The number of pyridine rings is 1. The number of nitrogens with zero attached hydrogens (tertiary/aromatic N) is 5. The predicted molar refractivity (Wildman–Crippen MR) is 136 cm³/mol. The summed E-state index contributed by atoms with van der Waals surface area (Å²) in [6.07, 6.45) is 2.92. The third kappa shape index (κ3) is 4.90. The van der Waals surface area contributed by atoms with Crippen molar-refractivity contribution in [2.45, 2.75) is 44.0 Å². The van der Waals surface area contributed by atoms with Crippen LogP contribution < -0.4 is 15.4 Å². The van der Waals surface area contributed by atoms with E-state index in [2.05, 4.69) is 20.7 Å². The standard InChI is InChI=1S/C26H28F3N7O2/c1-30-23-11-21-19(13-32-23)24(16-12-33-35(3)14-16)34-36(21)17-5-7-18(8-6-17)38-22-9-4-15(25(37)31-2)10-20(22)26(27,28)29/h4,9-14,17-18H,5-8H2,1-3H3,(H,30,32)(H,31,37). The molecule has 0 spiro atoms. The van der Waals surface area contributed by atoms with E-state index in [9.17, 15) is 18.0 Å².